The Bertz CT molecular complexity index is 967. The van der Waals surface area contributed by atoms with Crippen molar-refractivity contribution in [1.29, 1.82) is 0 Å². The molecule has 0 spiro atoms. The molecular formula is C19H25N5O2. The largest absolute Gasteiger partial charge is 0.465 e. The number of rotatable bonds is 1. The molecular weight excluding hydrogens is 330 g/mol. The molecule has 1 saturated heterocycles. The maximum Gasteiger partial charge on any atom is 0.407 e. The number of H-pyrrole nitrogens is 1. The maximum absolute atomic E-state index is 12.0. The monoisotopic (exact) mass is 355 g/mol. The molecule has 1 aliphatic rings. The number of hydrogen-bond donors (Lipinski definition) is 2. The topological polar surface area (TPSA) is 86.5 Å². The van der Waals surface area contributed by atoms with Gasteiger partial charge in [0.25, 0.3) is 0 Å². The fourth-order valence-electron chi connectivity index (χ4n) is 4.52. The molecule has 3 aromatic heterocycles. The molecule has 3 aromatic rings. The molecule has 0 saturated carbocycles. The van der Waals surface area contributed by atoms with Gasteiger partial charge in [-0.25, -0.2) is 14.8 Å². The van der Waals surface area contributed by atoms with Crippen LogP contribution < -0.4 is 0 Å². The van der Waals surface area contributed by atoms with Crippen molar-refractivity contribution >= 4 is 22.8 Å². The minimum Gasteiger partial charge on any atom is -0.465 e. The summed E-state index contributed by atoms with van der Waals surface area (Å²) in [6.45, 7) is 9.12. The highest BCUT2D eigenvalue weighted by atomic mass is 16.4. The van der Waals surface area contributed by atoms with Crippen molar-refractivity contribution in [3.63, 3.8) is 0 Å². The zero-order valence-corrected chi connectivity index (χ0v) is 15.6. The first-order valence-corrected chi connectivity index (χ1v) is 9.08. The average Bonchev–Trinajstić information content (AvgIpc) is 3.19. The molecule has 0 aromatic carbocycles. The Morgan fingerprint density at radius 3 is 2.73 bits per heavy atom. The van der Waals surface area contributed by atoms with Crippen LogP contribution in [0.4, 0.5) is 4.79 Å². The highest BCUT2D eigenvalue weighted by Gasteiger charge is 2.46. The van der Waals surface area contributed by atoms with E-state index in [0.717, 1.165) is 28.9 Å². The zero-order valence-electron chi connectivity index (χ0n) is 15.6. The highest BCUT2D eigenvalue weighted by Crippen LogP contribution is 2.44. The van der Waals surface area contributed by atoms with E-state index in [1.54, 1.807) is 4.90 Å². The molecule has 7 heteroatoms. The molecule has 7 nitrogen and oxygen atoms in total. The number of imidazole rings is 1. The molecule has 1 fully saturated rings. The Labute approximate surface area is 152 Å². The van der Waals surface area contributed by atoms with Crippen LogP contribution in [-0.4, -0.2) is 48.0 Å². The van der Waals surface area contributed by atoms with Crippen molar-refractivity contribution in [3.8, 4) is 0 Å². The third-order valence-electron chi connectivity index (χ3n) is 5.63. The van der Waals surface area contributed by atoms with E-state index in [-0.39, 0.29) is 17.4 Å². The van der Waals surface area contributed by atoms with E-state index in [4.69, 9.17) is 4.98 Å². The summed E-state index contributed by atoms with van der Waals surface area (Å²) < 4.78 is 2.13. The summed E-state index contributed by atoms with van der Waals surface area (Å²) in [5, 5.41) is 9.81. The predicted molar refractivity (Wildman–Crippen MR) is 99.3 cm³/mol. The Kier molecular flexibility index (Phi) is 3.71. The van der Waals surface area contributed by atoms with E-state index in [2.05, 4.69) is 42.1 Å². The predicted octanol–water partition coefficient (Wildman–Crippen LogP) is 3.73. The van der Waals surface area contributed by atoms with Crippen molar-refractivity contribution in [2.75, 3.05) is 6.54 Å². The molecule has 1 aliphatic heterocycles. The number of aromatic amines is 1. The lowest BCUT2D eigenvalue weighted by atomic mass is 9.69. The van der Waals surface area contributed by atoms with E-state index in [9.17, 15) is 9.90 Å². The lowest BCUT2D eigenvalue weighted by Crippen LogP contribution is -2.55. The normalized spacial score (nSPS) is 24.5. The van der Waals surface area contributed by atoms with Crippen LogP contribution in [0.25, 0.3) is 16.7 Å². The molecule has 2 N–H and O–H groups in total. The van der Waals surface area contributed by atoms with Gasteiger partial charge in [0.2, 0.25) is 0 Å². The van der Waals surface area contributed by atoms with Gasteiger partial charge in [0.1, 0.15) is 5.82 Å². The van der Waals surface area contributed by atoms with Crippen molar-refractivity contribution in [2.24, 2.45) is 11.3 Å². The number of nitrogens with zero attached hydrogens (tertiary/aromatic N) is 4. The van der Waals surface area contributed by atoms with Crippen LogP contribution in [0.5, 0.6) is 0 Å². The molecule has 4 rings (SSSR count). The number of aromatic nitrogens is 4. The number of piperidine rings is 1. The molecule has 3 atom stereocenters. The number of nitrogens with one attached hydrogen (secondary N) is 1. The molecule has 1 unspecified atom stereocenters. The van der Waals surface area contributed by atoms with Crippen molar-refractivity contribution in [3.05, 3.63) is 30.5 Å². The number of amides is 1. The van der Waals surface area contributed by atoms with E-state index >= 15 is 0 Å². The van der Waals surface area contributed by atoms with Crippen LogP contribution in [0, 0.1) is 11.3 Å². The van der Waals surface area contributed by atoms with Crippen LogP contribution in [0.1, 0.15) is 45.9 Å². The fraction of sp³-hybridized carbons (Fsp3) is 0.526. The summed E-state index contributed by atoms with van der Waals surface area (Å²) in [7, 11) is 0. The van der Waals surface area contributed by atoms with Gasteiger partial charge in [0.15, 0.2) is 5.65 Å². The quantitative estimate of drug-likeness (QED) is 0.696. The fourth-order valence-corrected chi connectivity index (χ4v) is 4.52. The Hall–Kier alpha value is -2.57. The SMILES string of the molecule is C[C@@H]1CCN(C(=O)O)C(C(C)(C)C)[C@@H]1c1ncc2cnc3[nH]ccc3n12. The van der Waals surface area contributed by atoms with E-state index < -0.39 is 6.09 Å². The van der Waals surface area contributed by atoms with Crippen molar-refractivity contribution in [2.45, 2.75) is 46.1 Å². The van der Waals surface area contributed by atoms with E-state index in [1.807, 2.05) is 24.7 Å². The number of carboxylic acid groups (broad SMARTS) is 1. The minimum absolute atomic E-state index is 0.0165. The lowest BCUT2D eigenvalue weighted by molar-refractivity contribution is 0.0244. The van der Waals surface area contributed by atoms with Crippen molar-refractivity contribution in [1.82, 2.24) is 24.3 Å². The number of carbonyl (C=O) groups is 1. The molecule has 1 amide bonds. The third-order valence-corrected chi connectivity index (χ3v) is 5.63. The van der Waals surface area contributed by atoms with Crippen LogP contribution >= 0.6 is 0 Å². The Morgan fingerprint density at radius 2 is 2.04 bits per heavy atom. The Morgan fingerprint density at radius 1 is 1.31 bits per heavy atom. The standard InChI is InChI=1S/C19H25N5O2/c1-11-6-8-23(18(25)26)15(19(2,3)4)14(11)17-22-10-12-9-21-16-13(24(12)17)5-7-20-16/h5,7,9-11,14-15,20H,6,8H2,1-4H3,(H,25,26)/t11-,14-,15?/m1/s1. The summed E-state index contributed by atoms with van der Waals surface area (Å²) >= 11 is 0. The molecule has 0 radical (unpaired) electrons. The summed E-state index contributed by atoms with van der Waals surface area (Å²) in [5.41, 5.74) is 2.51. The van der Waals surface area contributed by atoms with Gasteiger partial charge >= 0.3 is 6.09 Å². The number of fused-ring (bicyclic) bond motifs is 3. The van der Waals surface area contributed by atoms with Gasteiger partial charge in [-0.15, -0.1) is 0 Å². The van der Waals surface area contributed by atoms with Crippen molar-refractivity contribution < 1.29 is 9.90 Å². The van der Waals surface area contributed by atoms with Crippen LogP contribution in [0.2, 0.25) is 0 Å². The first kappa shape index (κ1) is 16.9. The summed E-state index contributed by atoms with van der Waals surface area (Å²) in [4.78, 5) is 25.9. The second-order valence-corrected chi connectivity index (χ2v) is 8.42. The molecule has 138 valence electrons. The van der Waals surface area contributed by atoms with Gasteiger partial charge in [-0.2, -0.15) is 0 Å². The average molecular weight is 355 g/mol. The maximum atomic E-state index is 12.0. The van der Waals surface area contributed by atoms with Gasteiger partial charge in [-0.05, 0) is 23.8 Å². The first-order chi connectivity index (χ1) is 12.3. The van der Waals surface area contributed by atoms with Gasteiger partial charge < -0.3 is 15.0 Å². The second kappa shape index (κ2) is 5.72. The number of hydrogen-bond acceptors (Lipinski definition) is 3. The van der Waals surface area contributed by atoms with Crippen LogP contribution in [-0.2, 0) is 0 Å². The smallest absolute Gasteiger partial charge is 0.407 e. The third kappa shape index (κ3) is 2.45. The summed E-state index contributed by atoms with van der Waals surface area (Å²) in [6.07, 6.45) is 5.50. The van der Waals surface area contributed by atoms with Gasteiger partial charge in [0.05, 0.1) is 23.4 Å². The second-order valence-electron chi connectivity index (χ2n) is 8.42. The lowest BCUT2D eigenvalue weighted by Gasteiger charge is -2.48. The molecule has 4 heterocycles. The summed E-state index contributed by atoms with van der Waals surface area (Å²) in [6, 6.07) is 1.85. The van der Waals surface area contributed by atoms with Gasteiger partial charge in [-0.1, -0.05) is 27.7 Å². The number of likely N-dealkylation sites (tertiary alicyclic amines) is 1. The van der Waals surface area contributed by atoms with Crippen LogP contribution in [0.15, 0.2) is 24.7 Å². The first-order valence-electron chi connectivity index (χ1n) is 9.08. The highest BCUT2D eigenvalue weighted by molar-refractivity contribution is 5.75. The summed E-state index contributed by atoms with van der Waals surface area (Å²) in [5.74, 6) is 1.27. The molecule has 0 aliphatic carbocycles. The zero-order chi connectivity index (χ0) is 18.6. The minimum atomic E-state index is -0.851. The van der Waals surface area contributed by atoms with Gasteiger partial charge in [0, 0.05) is 24.7 Å². The van der Waals surface area contributed by atoms with Crippen LogP contribution in [0.3, 0.4) is 0 Å². The van der Waals surface area contributed by atoms with Gasteiger partial charge in [-0.3, -0.25) is 4.40 Å². The molecule has 26 heavy (non-hydrogen) atoms. The molecule has 0 bridgehead atoms. The van der Waals surface area contributed by atoms with E-state index in [0.29, 0.717) is 12.5 Å². The van der Waals surface area contributed by atoms with E-state index in [1.165, 1.54) is 0 Å². The Balaban J connectivity index is 1.95.